The number of nitrogens with one attached hydrogen (secondary N) is 1. The zero-order chi connectivity index (χ0) is 14.5. The normalized spacial score (nSPS) is 15.0. The van der Waals surface area contributed by atoms with Crippen molar-refractivity contribution >= 4 is 11.6 Å². The van der Waals surface area contributed by atoms with Gasteiger partial charge in [0.2, 0.25) is 0 Å². The van der Waals surface area contributed by atoms with Crippen molar-refractivity contribution in [3.8, 4) is 0 Å². The van der Waals surface area contributed by atoms with Gasteiger partial charge in [-0.1, -0.05) is 12.1 Å². The summed E-state index contributed by atoms with van der Waals surface area (Å²) in [5, 5.41) is 10.3. The lowest BCUT2D eigenvalue weighted by Crippen LogP contribution is -2.18. The molecule has 1 aromatic carbocycles. The summed E-state index contributed by atoms with van der Waals surface area (Å²) in [4.78, 5) is 14.5. The second-order valence-electron chi connectivity index (χ2n) is 5.27. The van der Waals surface area contributed by atoms with E-state index in [2.05, 4.69) is 26.5 Å². The standard InChI is InChI=1S/C16H18N4O/c21-16(14-6-7-17-18-11-14)19-15-5-3-4-13(10-15)12-20-8-1-2-9-20/h3-7,10-11H,1-2,8-9,12H2,(H,19,21). The molecule has 0 unspecified atom stereocenters. The first-order valence-corrected chi connectivity index (χ1v) is 7.20. The summed E-state index contributed by atoms with van der Waals surface area (Å²) in [7, 11) is 0. The number of nitrogens with zero attached hydrogens (tertiary/aromatic N) is 3. The molecular formula is C16H18N4O. The largest absolute Gasteiger partial charge is 0.322 e. The quantitative estimate of drug-likeness (QED) is 0.935. The molecule has 2 aromatic rings. The molecule has 5 nitrogen and oxygen atoms in total. The Morgan fingerprint density at radius 2 is 2.05 bits per heavy atom. The molecule has 1 saturated heterocycles. The monoisotopic (exact) mass is 282 g/mol. The summed E-state index contributed by atoms with van der Waals surface area (Å²) in [5.74, 6) is -0.164. The predicted octanol–water partition coefficient (Wildman–Crippen LogP) is 2.32. The van der Waals surface area contributed by atoms with Crippen LogP contribution in [0.5, 0.6) is 0 Å². The zero-order valence-corrected chi connectivity index (χ0v) is 11.8. The number of aromatic nitrogens is 2. The van der Waals surface area contributed by atoms with Gasteiger partial charge < -0.3 is 5.32 Å². The van der Waals surface area contributed by atoms with Gasteiger partial charge in [0.05, 0.1) is 18.0 Å². The summed E-state index contributed by atoms with van der Waals surface area (Å²) < 4.78 is 0. The van der Waals surface area contributed by atoms with Gasteiger partial charge in [0, 0.05) is 12.2 Å². The molecule has 3 rings (SSSR count). The lowest BCUT2D eigenvalue weighted by atomic mass is 10.2. The van der Waals surface area contributed by atoms with Gasteiger partial charge in [-0.3, -0.25) is 9.69 Å². The minimum Gasteiger partial charge on any atom is -0.322 e. The maximum absolute atomic E-state index is 12.1. The number of likely N-dealkylation sites (tertiary alicyclic amines) is 1. The lowest BCUT2D eigenvalue weighted by Gasteiger charge is -2.15. The van der Waals surface area contributed by atoms with Crippen LogP contribution in [0.15, 0.2) is 42.7 Å². The molecule has 0 spiro atoms. The third-order valence-corrected chi connectivity index (χ3v) is 3.64. The molecule has 0 aliphatic carbocycles. The van der Waals surface area contributed by atoms with E-state index in [1.807, 2.05) is 18.2 Å². The maximum atomic E-state index is 12.1. The highest BCUT2D eigenvalue weighted by molar-refractivity contribution is 6.03. The van der Waals surface area contributed by atoms with Gasteiger partial charge in [-0.15, -0.1) is 0 Å². The Kier molecular flexibility index (Phi) is 4.21. The van der Waals surface area contributed by atoms with Crippen LogP contribution in [0.2, 0.25) is 0 Å². The molecule has 21 heavy (non-hydrogen) atoms. The number of anilines is 1. The smallest absolute Gasteiger partial charge is 0.257 e. The highest BCUT2D eigenvalue weighted by Crippen LogP contribution is 2.16. The average molecular weight is 282 g/mol. The van der Waals surface area contributed by atoms with Gasteiger partial charge in [-0.05, 0) is 49.7 Å². The molecule has 2 heterocycles. The number of amides is 1. The molecule has 0 bridgehead atoms. The molecule has 1 aliphatic heterocycles. The van der Waals surface area contributed by atoms with E-state index in [1.165, 1.54) is 43.9 Å². The number of hydrogen-bond donors (Lipinski definition) is 1. The third-order valence-electron chi connectivity index (χ3n) is 3.64. The second kappa shape index (κ2) is 6.45. The van der Waals surface area contributed by atoms with Crippen molar-refractivity contribution in [2.75, 3.05) is 18.4 Å². The van der Waals surface area contributed by atoms with Crippen molar-refractivity contribution in [3.05, 3.63) is 53.9 Å². The van der Waals surface area contributed by atoms with Crippen molar-refractivity contribution in [2.45, 2.75) is 19.4 Å². The molecule has 0 atom stereocenters. The van der Waals surface area contributed by atoms with E-state index in [0.717, 1.165) is 12.2 Å². The second-order valence-corrected chi connectivity index (χ2v) is 5.27. The molecule has 1 N–H and O–H groups in total. The maximum Gasteiger partial charge on any atom is 0.257 e. The molecule has 1 aliphatic rings. The molecule has 1 amide bonds. The van der Waals surface area contributed by atoms with E-state index in [-0.39, 0.29) is 5.91 Å². The molecule has 0 radical (unpaired) electrons. The highest BCUT2D eigenvalue weighted by Gasteiger charge is 2.12. The SMILES string of the molecule is O=C(Nc1cccc(CN2CCCC2)c1)c1ccnnc1. The Balaban J connectivity index is 1.66. The fourth-order valence-corrected chi connectivity index (χ4v) is 2.57. The van der Waals surface area contributed by atoms with E-state index in [4.69, 9.17) is 0 Å². The van der Waals surface area contributed by atoms with Crippen LogP contribution in [0.3, 0.4) is 0 Å². The van der Waals surface area contributed by atoms with Crippen LogP contribution >= 0.6 is 0 Å². The Morgan fingerprint density at radius 3 is 2.81 bits per heavy atom. The van der Waals surface area contributed by atoms with Crippen LogP contribution in [-0.4, -0.2) is 34.1 Å². The summed E-state index contributed by atoms with van der Waals surface area (Å²) in [6.07, 6.45) is 5.54. The van der Waals surface area contributed by atoms with Crippen LogP contribution in [0.4, 0.5) is 5.69 Å². The van der Waals surface area contributed by atoms with E-state index in [9.17, 15) is 4.79 Å². The van der Waals surface area contributed by atoms with Gasteiger partial charge >= 0.3 is 0 Å². The minimum absolute atomic E-state index is 0.164. The number of benzene rings is 1. The van der Waals surface area contributed by atoms with Crippen LogP contribution in [0.1, 0.15) is 28.8 Å². The fourth-order valence-electron chi connectivity index (χ4n) is 2.57. The van der Waals surface area contributed by atoms with Crippen LogP contribution < -0.4 is 5.32 Å². The van der Waals surface area contributed by atoms with E-state index < -0.39 is 0 Å². The molecular weight excluding hydrogens is 264 g/mol. The Hall–Kier alpha value is -2.27. The van der Waals surface area contributed by atoms with Crippen LogP contribution in [0, 0.1) is 0 Å². The van der Waals surface area contributed by atoms with Gasteiger partial charge in [0.25, 0.3) is 5.91 Å². The summed E-state index contributed by atoms with van der Waals surface area (Å²) >= 11 is 0. The fraction of sp³-hybridized carbons (Fsp3) is 0.312. The van der Waals surface area contributed by atoms with E-state index >= 15 is 0 Å². The van der Waals surface area contributed by atoms with Gasteiger partial charge in [0.1, 0.15) is 0 Å². The van der Waals surface area contributed by atoms with Crippen LogP contribution in [-0.2, 0) is 6.54 Å². The number of carbonyl (C=O) groups excluding carboxylic acids is 1. The molecule has 1 aromatic heterocycles. The average Bonchev–Trinajstić information content (AvgIpc) is 3.01. The first-order valence-electron chi connectivity index (χ1n) is 7.20. The topological polar surface area (TPSA) is 58.1 Å². The van der Waals surface area contributed by atoms with E-state index in [0.29, 0.717) is 5.56 Å². The van der Waals surface area contributed by atoms with E-state index in [1.54, 1.807) is 6.07 Å². The van der Waals surface area contributed by atoms with Gasteiger partial charge in [0.15, 0.2) is 0 Å². The van der Waals surface area contributed by atoms with Gasteiger partial charge in [-0.2, -0.15) is 10.2 Å². The summed E-state index contributed by atoms with van der Waals surface area (Å²) in [5.41, 5.74) is 2.55. The van der Waals surface area contributed by atoms with Crippen molar-refractivity contribution in [1.29, 1.82) is 0 Å². The Morgan fingerprint density at radius 1 is 1.19 bits per heavy atom. The van der Waals surface area contributed by atoms with Crippen LogP contribution in [0.25, 0.3) is 0 Å². The number of rotatable bonds is 4. The van der Waals surface area contributed by atoms with Crippen molar-refractivity contribution in [3.63, 3.8) is 0 Å². The third kappa shape index (κ3) is 3.64. The lowest BCUT2D eigenvalue weighted by molar-refractivity contribution is 0.102. The molecule has 5 heteroatoms. The predicted molar refractivity (Wildman–Crippen MR) is 80.9 cm³/mol. The molecule has 108 valence electrons. The number of hydrogen-bond acceptors (Lipinski definition) is 4. The summed E-state index contributed by atoms with van der Waals surface area (Å²) in [6.45, 7) is 3.28. The zero-order valence-electron chi connectivity index (χ0n) is 11.8. The molecule has 1 fully saturated rings. The van der Waals surface area contributed by atoms with Crippen molar-refractivity contribution in [2.24, 2.45) is 0 Å². The minimum atomic E-state index is -0.164. The highest BCUT2D eigenvalue weighted by atomic mass is 16.1. The van der Waals surface area contributed by atoms with Crippen molar-refractivity contribution < 1.29 is 4.79 Å². The Labute approximate surface area is 124 Å². The van der Waals surface area contributed by atoms with Crippen molar-refractivity contribution in [1.82, 2.24) is 15.1 Å². The molecule has 0 saturated carbocycles. The Bertz CT molecular complexity index is 609. The first-order chi connectivity index (χ1) is 10.3. The van der Waals surface area contributed by atoms with Gasteiger partial charge in [-0.25, -0.2) is 0 Å². The number of carbonyl (C=O) groups is 1. The summed E-state index contributed by atoms with van der Waals surface area (Å²) in [6, 6.07) is 9.66. The first kappa shape index (κ1) is 13.7.